The lowest BCUT2D eigenvalue weighted by atomic mass is 10.2. The van der Waals surface area contributed by atoms with Crippen LogP contribution >= 0.6 is 22.9 Å². The number of amides is 1. The summed E-state index contributed by atoms with van der Waals surface area (Å²) in [6.45, 7) is 3.18. The molecule has 0 saturated carbocycles. The van der Waals surface area contributed by atoms with Gasteiger partial charge < -0.3 is 14.0 Å². The van der Waals surface area contributed by atoms with Gasteiger partial charge in [-0.15, -0.1) is 0 Å². The number of carbonyl (C=O) groups is 1. The van der Waals surface area contributed by atoms with E-state index in [2.05, 4.69) is 4.98 Å². The Labute approximate surface area is 195 Å². The zero-order valence-electron chi connectivity index (χ0n) is 17.8. The van der Waals surface area contributed by atoms with Gasteiger partial charge >= 0.3 is 0 Å². The minimum atomic E-state index is -0.166. The Bertz CT molecular complexity index is 1190. The first kappa shape index (κ1) is 22.1. The van der Waals surface area contributed by atoms with Crippen LogP contribution in [-0.2, 0) is 11.3 Å². The van der Waals surface area contributed by atoms with Gasteiger partial charge in [0.25, 0.3) is 5.91 Å². The molecule has 2 aromatic heterocycles. The number of aromatic nitrogens is 3. The van der Waals surface area contributed by atoms with Crippen LogP contribution in [0.15, 0.2) is 55.1 Å². The largest absolute Gasteiger partial charge is 0.494 e. The molecule has 4 rings (SSSR count). The molecule has 32 heavy (non-hydrogen) atoms. The summed E-state index contributed by atoms with van der Waals surface area (Å²) in [4.78, 5) is 23.7. The maximum atomic E-state index is 13.2. The van der Waals surface area contributed by atoms with E-state index in [-0.39, 0.29) is 12.5 Å². The van der Waals surface area contributed by atoms with Crippen molar-refractivity contribution in [3.05, 3.63) is 65.7 Å². The van der Waals surface area contributed by atoms with Gasteiger partial charge in [0.15, 0.2) is 11.7 Å². The molecular formula is C23H23ClN4O3S. The maximum Gasteiger partial charge on any atom is 0.266 e. The molecule has 0 atom stereocenters. The van der Waals surface area contributed by atoms with E-state index in [0.29, 0.717) is 28.2 Å². The maximum absolute atomic E-state index is 13.2. The average molecular weight is 471 g/mol. The van der Waals surface area contributed by atoms with E-state index >= 15 is 0 Å². The number of thiazole rings is 1. The highest BCUT2D eigenvalue weighted by Crippen LogP contribution is 2.36. The Morgan fingerprint density at radius 2 is 2.03 bits per heavy atom. The molecular weight excluding hydrogens is 448 g/mol. The lowest BCUT2D eigenvalue weighted by molar-refractivity contribution is -0.120. The van der Waals surface area contributed by atoms with Gasteiger partial charge in [-0.3, -0.25) is 9.69 Å². The fourth-order valence-electron chi connectivity index (χ4n) is 3.29. The summed E-state index contributed by atoms with van der Waals surface area (Å²) >= 11 is 7.41. The number of methoxy groups -OCH3 is 1. The Morgan fingerprint density at radius 1 is 1.22 bits per heavy atom. The number of aryl methyl sites for hydroxylation is 2. The van der Waals surface area contributed by atoms with Crippen LogP contribution in [0.25, 0.3) is 10.2 Å². The average Bonchev–Trinajstić information content (AvgIpc) is 3.47. The van der Waals surface area contributed by atoms with Crippen molar-refractivity contribution in [2.75, 3.05) is 25.2 Å². The van der Waals surface area contributed by atoms with Gasteiger partial charge in [-0.05, 0) is 49.2 Å². The van der Waals surface area contributed by atoms with Crippen LogP contribution in [0.5, 0.6) is 11.5 Å². The number of nitrogens with zero attached hydrogens (tertiary/aromatic N) is 4. The summed E-state index contributed by atoms with van der Waals surface area (Å²) in [7, 11) is 1.62. The molecule has 0 saturated heterocycles. The van der Waals surface area contributed by atoms with Gasteiger partial charge in [0.1, 0.15) is 17.0 Å². The van der Waals surface area contributed by atoms with Crippen molar-refractivity contribution in [2.45, 2.75) is 19.9 Å². The van der Waals surface area contributed by atoms with Crippen LogP contribution in [0.4, 0.5) is 5.13 Å². The van der Waals surface area contributed by atoms with Crippen LogP contribution in [0.3, 0.4) is 0 Å². The van der Waals surface area contributed by atoms with Gasteiger partial charge in [-0.1, -0.05) is 29.0 Å². The van der Waals surface area contributed by atoms with E-state index in [1.165, 1.54) is 11.3 Å². The van der Waals surface area contributed by atoms with Gasteiger partial charge in [0, 0.05) is 30.5 Å². The SMILES string of the molecule is COc1ccc(C)c2sc(N(CCCn3ccnc3)C(=O)COc3ccc(Cl)cc3)nc12. The van der Waals surface area contributed by atoms with Crippen molar-refractivity contribution < 1.29 is 14.3 Å². The van der Waals surface area contributed by atoms with Crippen molar-refractivity contribution >= 4 is 44.2 Å². The third kappa shape index (κ3) is 5.03. The molecule has 0 aliphatic carbocycles. The molecule has 0 unspecified atom stereocenters. The van der Waals surface area contributed by atoms with Gasteiger partial charge in [0.05, 0.1) is 18.1 Å². The van der Waals surface area contributed by atoms with E-state index in [4.69, 9.17) is 26.1 Å². The predicted molar refractivity (Wildman–Crippen MR) is 127 cm³/mol. The van der Waals surface area contributed by atoms with Crippen LogP contribution < -0.4 is 14.4 Å². The van der Waals surface area contributed by atoms with Crippen molar-refractivity contribution in [1.82, 2.24) is 14.5 Å². The van der Waals surface area contributed by atoms with Gasteiger partial charge in [0.2, 0.25) is 0 Å². The molecule has 0 aliphatic rings. The van der Waals surface area contributed by atoms with E-state index in [1.54, 1.807) is 48.8 Å². The van der Waals surface area contributed by atoms with Crippen molar-refractivity contribution in [3.8, 4) is 11.5 Å². The minimum absolute atomic E-state index is 0.0985. The fourth-order valence-corrected chi connectivity index (χ4v) is 4.51. The third-order valence-electron chi connectivity index (χ3n) is 4.98. The number of fused-ring (bicyclic) bond motifs is 1. The molecule has 0 aliphatic heterocycles. The minimum Gasteiger partial charge on any atom is -0.494 e. The molecule has 7 nitrogen and oxygen atoms in total. The lowest BCUT2D eigenvalue weighted by Crippen LogP contribution is -2.36. The standard InChI is InChI=1S/C23H23ClN4O3S/c1-16-4-9-19(30-2)21-22(16)32-23(26-21)28(12-3-11-27-13-10-25-15-27)20(29)14-31-18-7-5-17(24)6-8-18/h4-10,13,15H,3,11-12,14H2,1-2H3. The van der Waals surface area contributed by atoms with Gasteiger partial charge in [-0.25, -0.2) is 9.97 Å². The summed E-state index contributed by atoms with van der Waals surface area (Å²) in [5, 5.41) is 1.24. The summed E-state index contributed by atoms with van der Waals surface area (Å²) in [6, 6.07) is 10.8. The summed E-state index contributed by atoms with van der Waals surface area (Å²) in [6.07, 6.45) is 6.16. The molecule has 0 fully saturated rings. The van der Waals surface area contributed by atoms with Crippen molar-refractivity contribution in [3.63, 3.8) is 0 Å². The second-order valence-electron chi connectivity index (χ2n) is 7.20. The Hall–Kier alpha value is -3.10. The molecule has 0 radical (unpaired) electrons. The molecule has 0 spiro atoms. The monoisotopic (exact) mass is 470 g/mol. The number of rotatable bonds is 9. The number of hydrogen-bond donors (Lipinski definition) is 0. The fraction of sp³-hybridized carbons (Fsp3) is 0.261. The number of benzene rings is 2. The second kappa shape index (κ2) is 10.0. The molecule has 2 aromatic carbocycles. The van der Waals surface area contributed by atoms with Crippen LogP contribution in [-0.4, -0.2) is 40.7 Å². The predicted octanol–water partition coefficient (Wildman–Crippen LogP) is 4.97. The molecule has 0 bridgehead atoms. The third-order valence-corrected chi connectivity index (χ3v) is 6.44. The molecule has 4 aromatic rings. The first-order valence-electron chi connectivity index (χ1n) is 10.1. The number of carbonyl (C=O) groups excluding carboxylic acids is 1. The van der Waals surface area contributed by atoms with Crippen molar-refractivity contribution in [2.24, 2.45) is 0 Å². The summed E-state index contributed by atoms with van der Waals surface area (Å²) in [5.41, 5.74) is 1.85. The second-order valence-corrected chi connectivity index (χ2v) is 8.61. The number of imidazole rings is 1. The Kier molecular flexibility index (Phi) is 6.92. The first-order valence-corrected chi connectivity index (χ1v) is 11.3. The van der Waals surface area contributed by atoms with Crippen LogP contribution in [0, 0.1) is 6.92 Å². The normalized spacial score (nSPS) is 11.0. The van der Waals surface area contributed by atoms with Crippen LogP contribution in [0.2, 0.25) is 5.02 Å². The van der Waals surface area contributed by atoms with Gasteiger partial charge in [-0.2, -0.15) is 0 Å². The topological polar surface area (TPSA) is 69.5 Å². The highest BCUT2D eigenvalue weighted by molar-refractivity contribution is 7.22. The van der Waals surface area contributed by atoms with E-state index in [0.717, 1.165) is 28.7 Å². The Balaban J connectivity index is 1.56. The Morgan fingerprint density at radius 3 is 2.75 bits per heavy atom. The van der Waals surface area contributed by atoms with E-state index in [9.17, 15) is 4.79 Å². The summed E-state index contributed by atoms with van der Waals surface area (Å²) < 4.78 is 14.2. The number of anilines is 1. The highest BCUT2D eigenvalue weighted by atomic mass is 35.5. The zero-order chi connectivity index (χ0) is 22.5. The number of ether oxygens (including phenoxy) is 2. The van der Waals surface area contributed by atoms with Crippen molar-refractivity contribution in [1.29, 1.82) is 0 Å². The molecule has 166 valence electrons. The zero-order valence-corrected chi connectivity index (χ0v) is 19.4. The number of hydrogen-bond acceptors (Lipinski definition) is 6. The van der Waals surface area contributed by atoms with Crippen LogP contribution in [0.1, 0.15) is 12.0 Å². The molecule has 9 heteroatoms. The van der Waals surface area contributed by atoms with E-state index < -0.39 is 0 Å². The molecule has 0 N–H and O–H groups in total. The quantitative estimate of drug-likeness (QED) is 0.345. The highest BCUT2D eigenvalue weighted by Gasteiger charge is 2.22. The first-order chi connectivity index (χ1) is 15.5. The lowest BCUT2D eigenvalue weighted by Gasteiger charge is -2.20. The molecule has 2 heterocycles. The van der Waals surface area contributed by atoms with E-state index in [1.807, 2.05) is 29.8 Å². The summed E-state index contributed by atoms with van der Waals surface area (Å²) in [5.74, 6) is 1.11. The smallest absolute Gasteiger partial charge is 0.266 e. The number of halogens is 1. The molecule has 1 amide bonds.